The lowest BCUT2D eigenvalue weighted by Gasteiger charge is -1.93. The molecule has 0 N–H and O–H groups in total. The van der Waals surface area contributed by atoms with Crippen LogP contribution < -0.4 is 0 Å². The normalized spacial score (nSPS) is 10.2. The van der Waals surface area contributed by atoms with Crippen LogP contribution in [0.3, 0.4) is 0 Å². The highest BCUT2D eigenvalue weighted by Crippen LogP contribution is 2.07. The molecule has 3 heteroatoms. The van der Waals surface area contributed by atoms with E-state index < -0.39 is 0 Å². The van der Waals surface area contributed by atoms with Gasteiger partial charge in [0.2, 0.25) is 0 Å². The third kappa shape index (κ3) is 2.52. The number of benzene rings is 1. The van der Waals surface area contributed by atoms with Gasteiger partial charge in [-0.15, -0.1) is 0 Å². The highest BCUT2D eigenvalue weighted by molar-refractivity contribution is 5.67. The lowest BCUT2D eigenvalue weighted by molar-refractivity contribution is 1.15. The first kappa shape index (κ1) is 10.1. The van der Waals surface area contributed by atoms with Crippen molar-refractivity contribution >= 4 is 12.2 Å². The molecule has 76 valence electrons. The molecule has 0 bridgehead atoms. The van der Waals surface area contributed by atoms with E-state index >= 15 is 0 Å². The summed E-state index contributed by atoms with van der Waals surface area (Å²) in [4.78, 5) is 7.92. The van der Waals surface area contributed by atoms with Crippen molar-refractivity contribution in [2.24, 2.45) is 0 Å². The Kier molecular flexibility index (Phi) is 3.05. The van der Waals surface area contributed by atoms with Gasteiger partial charge < -0.3 is 0 Å². The molecular formula is C13H9N3. The second-order valence-corrected chi connectivity index (χ2v) is 3.20. The summed E-state index contributed by atoms with van der Waals surface area (Å²) in [5.41, 5.74) is 2.57. The molecule has 0 aliphatic rings. The number of hydrogen-bond donors (Lipinski definition) is 0. The lowest BCUT2D eigenvalue weighted by atomic mass is 10.1. The van der Waals surface area contributed by atoms with Crippen molar-refractivity contribution in [2.45, 2.75) is 0 Å². The molecule has 0 aliphatic carbocycles. The van der Waals surface area contributed by atoms with Gasteiger partial charge in [0, 0.05) is 6.20 Å². The molecular weight excluding hydrogens is 198 g/mol. The van der Waals surface area contributed by atoms with Crippen LogP contribution in [0.5, 0.6) is 0 Å². The summed E-state index contributed by atoms with van der Waals surface area (Å²) in [6, 6.07) is 11.3. The topological polar surface area (TPSA) is 49.6 Å². The van der Waals surface area contributed by atoms with Gasteiger partial charge >= 0.3 is 0 Å². The minimum atomic E-state index is 0.666. The molecule has 0 unspecified atom stereocenters. The van der Waals surface area contributed by atoms with Crippen LogP contribution in [-0.2, 0) is 0 Å². The number of rotatable bonds is 2. The number of nitriles is 1. The summed E-state index contributed by atoms with van der Waals surface area (Å²) in [5, 5.41) is 8.65. The highest BCUT2D eigenvalue weighted by atomic mass is 14.8. The molecule has 0 spiro atoms. The van der Waals surface area contributed by atoms with Crippen LogP contribution in [0.1, 0.15) is 16.8 Å². The maximum Gasteiger partial charge on any atom is 0.115 e. The van der Waals surface area contributed by atoms with E-state index in [1.54, 1.807) is 18.3 Å². The van der Waals surface area contributed by atoms with Crippen molar-refractivity contribution in [1.82, 2.24) is 9.97 Å². The summed E-state index contributed by atoms with van der Waals surface area (Å²) in [6.45, 7) is 0. The Bertz CT molecular complexity index is 521. The predicted octanol–water partition coefficient (Wildman–Crippen LogP) is 2.52. The molecule has 2 aromatic rings. The van der Waals surface area contributed by atoms with Crippen LogP contribution in [-0.4, -0.2) is 9.97 Å². The molecule has 1 aromatic carbocycles. The van der Waals surface area contributed by atoms with E-state index in [1.165, 1.54) is 6.33 Å². The largest absolute Gasteiger partial charge is 0.245 e. The fourth-order valence-corrected chi connectivity index (χ4v) is 1.25. The second-order valence-electron chi connectivity index (χ2n) is 3.20. The summed E-state index contributed by atoms with van der Waals surface area (Å²) >= 11 is 0. The number of hydrogen-bond acceptors (Lipinski definition) is 3. The van der Waals surface area contributed by atoms with Gasteiger partial charge in [-0.1, -0.05) is 18.2 Å². The van der Waals surface area contributed by atoms with Crippen molar-refractivity contribution in [2.75, 3.05) is 0 Å². The summed E-state index contributed by atoms with van der Waals surface area (Å²) < 4.78 is 0. The average molecular weight is 207 g/mol. The number of nitrogens with zero attached hydrogens (tertiary/aromatic N) is 3. The third-order valence-electron chi connectivity index (χ3n) is 2.09. The Balaban J connectivity index is 2.15. The maximum absolute atomic E-state index is 8.65. The smallest absolute Gasteiger partial charge is 0.115 e. The molecule has 2 rings (SSSR count). The standard InChI is InChI=1S/C13H9N3/c14-9-12-3-1-11(2-4-12)5-6-13-7-8-15-10-16-13/h1-8,10H. The van der Waals surface area contributed by atoms with Gasteiger partial charge in [0.1, 0.15) is 6.33 Å². The zero-order valence-corrected chi connectivity index (χ0v) is 8.54. The van der Waals surface area contributed by atoms with Gasteiger partial charge in [0.25, 0.3) is 0 Å². The van der Waals surface area contributed by atoms with E-state index in [4.69, 9.17) is 5.26 Å². The highest BCUT2D eigenvalue weighted by Gasteiger charge is 1.90. The Morgan fingerprint density at radius 1 is 1.06 bits per heavy atom. The van der Waals surface area contributed by atoms with Gasteiger partial charge in [-0.3, -0.25) is 0 Å². The van der Waals surface area contributed by atoms with Gasteiger partial charge in [0.05, 0.1) is 17.3 Å². The van der Waals surface area contributed by atoms with E-state index in [1.807, 2.05) is 30.4 Å². The van der Waals surface area contributed by atoms with Crippen LogP contribution in [0.15, 0.2) is 42.9 Å². The van der Waals surface area contributed by atoms with E-state index in [9.17, 15) is 0 Å². The molecule has 0 saturated carbocycles. The Hall–Kier alpha value is -2.47. The van der Waals surface area contributed by atoms with Crippen molar-refractivity contribution in [1.29, 1.82) is 5.26 Å². The van der Waals surface area contributed by atoms with Gasteiger partial charge in [-0.2, -0.15) is 5.26 Å². The summed E-state index contributed by atoms with van der Waals surface area (Å²) in [6.07, 6.45) is 7.07. The lowest BCUT2D eigenvalue weighted by Crippen LogP contribution is -1.80. The SMILES string of the molecule is N#Cc1ccc(C=Cc2ccncn2)cc1. The van der Waals surface area contributed by atoms with Crippen molar-refractivity contribution in [3.63, 3.8) is 0 Å². The molecule has 0 aliphatic heterocycles. The molecule has 0 radical (unpaired) electrons. The first-order valence-corrected chi connectivity index (χ1v) is 4.83. The van der Waals surface area contributed by atoms with E-state index in [0.717, 1.165) is 11.3 Å². The zero-order valence-electron chi connectivity index (χ0n) is 8.54. The van der Waals surface area contributed by atoms with E-state index in [-0.39, 0.29) is 0 Å². The van der Waals surface area contributed by atoms with Crippen LogP contribution in [0.25, 0.3) is 12.2 Å². The summed E-state index contributed by atoms with van der Waals surface area (Å²) in [7, 11) is 0. The van der Waals surface area contributed by atoms with E-state index in [0.29, 0.717) is 5.56 Å². The van der Waals surface area contributed by atoms with Crippen molar-refractivity contribution < 1.29 is 0 Å². The molecule has 3 nitrogen and oxygen atoms in total. The van der Waals surface area contributed by atoms with Gasteiger partial charge in [0.15, 0.2) is 0 Å². The molecule has 0 amide bonds. The fourth-order valence-electron chi connectivity index (χ4n) is 1.25. The quantitative estimate of drug-likeness (QED) is 0.760. The van der Waals surface area contributed by atoms with Crippen molar-refractivity contribution in [3.8, 4) is 6.07 Å². The molecule has 1 heterocycles. The Morgan fingerprint density at radius 3 is 2.50 bits per heavy atom. The van der Waals surface area contributed by atoms with Crippen LogP contribution in [0.2, 0.25) is 0 Å². The van der Waals surface area contributed by atoms with Crippen LogP contribution in [0, 0.1) is 11.3 Å². The minimum Gasteiger partial charge on any atom is -0.245 e. The first-order chi connectivity index (χ1) is 7.88. The van der Waals surface area contributed by atoms with Gasteiger partial charge in [-0.25, -0.2) is 9.97 Å². The second kappa shape index (κ2) is 4.85. The van der Waals surface area contributed by atoms with Crippen molar-refractivity contribution in [3.05, 3.63) is 59.7 Å². The molecule has 0 fully saturated rings. The third-order valence-corrected chi connectivity index (χ3v) is 2.09. The molecule has 0 saturated heterocycles. The first-order valence-electron chi connectivity index (χ1n) is 4.83. The monoisotopic (exact) mass is 207 g/mol. The van der Waals surface area contributed by atoms with Crippen LogP contribution >= 0.6 is 0 Å². The molecule has 16 heavy (non-hydrogen) atoms. The average Bonchev–Trinajstić information content (AvgIpc) is 2.38. The summed E-state index contributed by atoms with van der Waals surface area (Å²) in [5.74, 6) is 0. The predicted molar refractivity (Wildman–Crippen MR) is 62.1 cm³/mol. The molecule has 1 aromatic heterocycles. The number of aromatic nitrogens is 2. The maximum atomic E-state index is 8.65. The molecule has 0 atom stereocenters. The Morgan fingerprint density at radius 2 is 1.88 bits per heavy atom. The minimum absolute atomic E-state index is 0.666. The zero-order chi connectivity index (χ0) is 11.2. The fraction of sp³-hybridized carbons (Fsp3) is 0. The van der Waals surface area contributed by atoms with Crippen LogP contribution in [0.4, 0.5) is 0 Å². The Labute approximate surface area is 93.7 Å². The van der Waals surface area contributed by atoms with Gasteiger partial charge in [-0.05, 0) is 29.8 Å². The van der Waals surface area contributed by atoms with E-state index in [2.05, 4.69) is 16.0 Å².